The minimum Gasteiger partial charge on any atom is -0.496 e. The number of Topliss-reactive ketones (excluding diaryl/α,β-unsaturated/α-hetero) is 1. The van der Waals surface area contributed by atoms with E-state index in [1.165, 1.54) is 7.11 Å². The molecule has 0 spiro atoms. The molecule has 1 amide bonds. The number of carbonyl (C=O) groups is 2. The van der Waals surface area contributed by atoms with E-state index in [-0.39, 0.29) is 0 Å². The highest BCUT2D eigenvalue weighted by Crippen LogP contribution is 2.21. The summed E-state index contributed by atoms with van der Waals surface area (Å²) in [7, 11) is 1.50. The van der Waals surface area contributed by atoms with Crippen LogP contribution in [-0.4, -0.2) is 49.9 Å². The molecule has 1 aliphatic heterocycles. The standard InChI is InChI=1S/C14H18N2O3/c1-10-3-4-12(19-2)11(9-10)13(17)14(18)16-7-5-15-6-8-16/h3-4,9,15H,5-8H2,1-2H3. The third kappa shape index (κ3) is 2.93. The maximum Gasteiger partial charge on any atom is 0.295 e. The fraction of sp³-hybridized carbons (Fsp3) is 0.429. The minimum absolute atomic E-state index is 0.339. The predicted molar refractivity (Wildman–Crippen MR) is 71.5 cm³/mol. The van der Waals surface area contributed by atoms with Crippen molar-refractivity contribution in [3.63, 3.8) is 0 Å². The highest BCUT2D eigenvalue weighted by molar-refractivity contribution is 6.43. The summed E-state index contributed by atoms with van der Waals surface area (Å²) in [5, 5.41) is 3.15. The Labute approximate surface area is 112 Å². The Morgan fingerprint density at radius 1 is 1.26 bits per heavy atom. The lowest BCUT2D eigenvalue weighted by molar-refractivity contribution is -0.127. The van der Waals surface area contributed by atoms with Crippen molar-refractivity contribution in [1.82, 2.24) is 10.2 Å². The van der Waals surface area contributed by atoms with Gasteiger partial charge in [-0.3, -0.25) is 9.59 Å². The number of methoxy groups -OCH3 is 1. The Hall–Kier alpha value is -1.88. The number of carbonyl (C=O) groups excluding carboxylic acids is 2. The molecule has 5 nitrogen and oxygen atoms in total. The summed E-state index contributed by atoms with van der Waals surface area (Å²) >= 11 is 0. The molecule has 0 saturated carbocycles. The van der Waals surface area contributed by atoms with Gasteiger partial charge in [-0.25, -0.2) is 0 Å². The number of amides is 1. The highest BCUT2D eigenvalue weighted by atomic mass is 16.5. The fourth-order valence-corrected chi connectivity index (χ4v) is 2.13. The summed E-state index contributed by atoms with van der Waals surface area (Å²) in [5.74, 6) is -0.507. The van der Waals surface area contributed by atoms with E-state index in [0.29, 0.717) is 24.4 Å². The maximum atomic E-state index is 12.3. The molecule has 0 unspecified atom stereocenters. The van der Waals surface area contributed by atoms with E-state index in [1.54, 1.807) is 17.0 Å². The number of nitrogens with one attached hydrogen (secondary N) is 1. The first kappa shape index (κ1) is 13.5. The van der Waals surface area contributed by atoms with Gasteiger partial charge in [0, 0.05) is 26.2 Å². The van der Waals surface area contributed by atoms with Gasteiger partial charge in [0.25, 0.3) is 11.7 Å². The Morgan fingerprint density at radius 2 is 1.95 bits per heavy atom. The van der Waals surface area contributed by atoms with Crippen molar-refractivity contribution in [3.05, 3.63) is 29.3 Å². The zero-order valence-corrected chi connectivity index (χ0v) is 11.2. The molecule has 1 aromatic rings. The number of ketones is 1. The summed E-state index contributed by atoms with van der Waals surface area (Å²) in [5.41, 5.74) is 1.27. The van der Waals surface area contributed by atoms with Gasteiger partial charge in [0.05, 0.1) is 12.7 Å². The second-order valence-corrected chi connectivity index (χ2v) is 4.58. The molecule has 5 heteroatoms. The maximum absolute atomic E-state index is 12.3. The van der Waals surface area contributed by atoms with E-state index in [4.69, 9.17) is 4.74 Å². The lowest BCUT2D eigenvalue weighted by atomic mass is 10.1. The van der Waals surface area contributed by atoms with Crippen molar-refractivity contribution >= 4 is 11.7 Å². The largest absolute Gasteiger partial charge is 0.496 e. The van der Waals surface area contributed by atoms with Crippen LogP contribution in [-0.2, 0) is 4.79 Å². The molecule has 1 saturated heterocycles. The van der Waals surface area contributed by atoms with Crippen LogP contribution in [0.1, 0.15) is 15.9 Å². The van der Waals surface area contributed by atoms with Crippen LogP contribution >= 0.6 is 0 Å². The number of piperazine rings is 1. The van der Waals surface area contributed by atoms with Gasteiger partial charge in [0.15, 0.2) is 0 Å². The highest BCUT2D eigenvalue weighted by Gasteiger charge is 2.26. The van der Waals surface area contributed by atoms with Crippen molar-refractivity contribution in [2.24, 2.45) is 0 Å². The molecule has 1 N–H and O–H groups in total. The minimum atomic E-state index is -0.498. The number of ether oxygens (including phenoxy) is 1. The second-order valence-electron chi connectivity index (χ2n) is 4.58. The van der Waals surface area contributed by atoms with Crippen molar-refractivity contribution in [1.29, 1.82) is 0 Å². The molecule has 19 heavy (non-hydrogen) atoms. The fourth-order valence-electron chi connectivity index (χ4n) is 2.13. The third-order valence-corrected chi connectivity index (χ3v) is 3.20. The molecule has 0 atom stereocenters. The third-order valence-electron chi connectivity index (χ3n) is 3.20. The van der Waals surface area contributed by atoms with Gasteiger partial charge < -0.3 is 15.0 Å². The molecule has 1 heterocycles. The van der Waals surface area contributed by atoms with E-state index in [9.17, 15) is 9.59 Å². The van der Waals surface area contributed by atoms with Gasteiger partial charge in [-0.1, -0.05) is 11.6 Å². The van der Waals surface area contributed by atoms with Gasteiger partial charge in [0.2, 0.25) is 0 Å². The predicted octanol–water partition coefficient (Wildman–Crippen LogP) is 0.618. The second kappa shape index (κ2) is 5.84. The molecule has 0 radical (unpaired) electrons. The van der Waals surface area contributed by atoms with Crippen molar-refractivity contribution < 1.29 is 14.3 Å². The van der Waals surface area contributed by atoms with E-state index in [0.717, 1.165) is 18.7 Å². The van der Waals surface area contributed by atoms with Crippen LogP contribution in [0.5, 0.6) is 5.75 Å². The summed E-state index contributed by atoms with van der Waals surface area (Å²) in [6.45, 7) is 4.47. The Balaban J connectivity index is 2.23. The molecule has 0 aromatic heterocycles. The normalized spacial score (nSPS) is 15.2. The van der Waals surface area contributed by atoms with Crippen LogP contribution in [0.4, 0.5) is 0 Å². The van der Waals surface area contributed by atoms with Crippen LogP contribution in [0, 0.1) is 6.92 Å². The van der Waals surface area contributed by atoms with Gasteiger partial charge >= 0.3 is 0 Å². The number of hydrogen-bond donors (Lipinski definition) is 1. The van der Waals surface area contributed by atoms with Crippen LogP contribution < -0.4 is 10.1 Å². The molecule has 0 aliphatic carbocycles. The van der Waals surface area contributed by atoms with Crippen LogP contribution in [0.15, 0.2) is 18.2 Å². The number of nitrogens with zero attached hydrogens (tertiary/aromatic N) is 1. The molecule has 1 aromatic carbocycles. The number of hydrogen-bond acceptors (Lipinski definition) is 4. The summed E-state index contributed by atoms with van der Waals surface area (Å²) in [6.07, 6.45) is 0. The van der Waals surface area contributed by atoms with Gasteiger partial charge in [-0.15, -0.1) is 0 Å². The smallest absolute Gasteiger partial charge is 0.295 e. The van der Waals surface area contributed by atoms with E-state index >= 15 is 0 Å². The first-order chi connectivity index (χ1) is 9.13. The average Bonchev–Trinajstić information content (AvgIpc) is 2.46. The Kier molecular flexibility index (Phi) is 4.16. The Morgan fingerprint density at radius 3 is 2.58 bits per heavy atom. The zero-order chi connectivity index (χ0) is 13.8. The van der Waals surface area contributed by atoms with Crippen LogP contribution in [0.25, 0.3) is 0 Å². The zero-order valence-electron chi connectivity index (χ0n) is 11.2. The van der Waals surface area contributed by atoms with Crippen molar-refractivity contribution in [2.45, 2.75) is 6.92 Å². The first-order valence-corrected chi connectivity index (χ1v) is 6.32. The summed E-state index contributed by atoms with van der Waals surface area (Å²) < 4.78 is 5.16. The van der Waals surface area contributed by atoms with Crippen molar-refractivity contribution in [3.8, 4) is 5.75 Å². The van der Waals surface area contributed by atoms with Gasteiger partial charge in [-0.05, 0) is 19.1 Å². The van der Waals surface area contributed by atoms with Crippen molar-refractivity contribution in [2.75, 3.05) is 33.3 Å². The van der Waals surface area contributed by atoms with Crippen LogP contribution in [0.2, 0.25) is 0 Å². The molecule has 102 valence electrons. The number of benzene rings is 1. The average molecular weight is 262 g/mol. The van der Waals surface area contributed by atoms with E-state index in [2.05, 4.69) is 5.32 Å². The lowest BCUT2D eigenvalue weighted by Gasteiger charge is -2.26. The van der Waals surface area contributed by atoms with Gasteiger partial charge in [0.1, 0.15) is 5.75 Å². The van der Waals surface area contributed by atoms with Gasteiger partial charge in [-0.2, -0.15) is 0 Å². The molecular weight excluding hydrogens is 244 g/mol. The van der Waals surface area contributed by atoms with E-state index in [1.807, 2.05) is 13.0 Å². The molecule has 0 bridgehead atoms. The monoisotopic (exact) mass is 262 g/mol. The lowest BCUT2D eigenvalue weighted by Crippen LogP contribution is -2.48. The Bertz CT molecular complexity index is 493. The molecule has 1 fully saturated rings. The topological polar surface area (TPSA) is 58.6 Å². The number of rotatable bonds is 3. The van der Waals surface area contributed by atoms with Crippen LogP contribution in [0.3, 0.4) is 0 Å². The molecule has 2 rings (SSSR count). The molecule has 1 aliphatic rings. The summed E-state index contributed by atoms with van der Waals surface area (Å²) in [6, 6.07) is 5.26. The van der Waals surface area contributed by atoms with E-state index < -0.39 is 11.7 Å². The quantitative estimate of drug-likeness (QED) is 0.641. The molecular formula is C14H18N2O3. The number of aryl methyl sites for hydroxylation is 1. The summed E-state index contributed by atoms with van der Waals surface area (Å²) in [4.78, 5) is 26.0. The SMILES string of the molecule is COc1ccc(C)cc1C(=O)C(=O)N1CCNCC1. The first-order valence-electron chi connectivity index (χ1n) is 6.32.